The van der Waals surface area contributed by atoms with Gasteiger partial charge in [-0.3, -0.25) is 0 Å². The molecule has 16 nitrogen and oxygen atoms in total. The fourth-order valence-electron chi connectivity index (χ4n) is 7.30. The van der Waals surface area contributed by atoms with Crippen LogP contribution in [0.25, 0.3) is 44.8 Å². The largest absolute Gasteiger partial charge is 0.448 e. The molecule has 4 N–H and O–H groups in total. The van der Waals surface area contributed by atoms with Crippen LogP contribution in [-0.2, 0) is 9.47 Å². The molecule has 6 aromatic heterocycles. The number of alkyl halides is 1. The first-order valence-corrected chi connectivity index (χ1v) is 21.1. The molecule has 0 saturated carbocycles. The molecule has 2 unspecified atom stereocenters. The van der Waals surface area contributed by atoms with E-state index >= 15 is 0 Å². The number of terminal acetylenes is 1. The Bertz CT molecular complexity index is 2570. The number of hydrogen-bond acceptors (Lipinski definition) is 12. The molecule has 2 atom stereocenters. The maximum Gasteiger partial charge on any atom is 0.411 e. The van der Waals surface area contributed by atoms with E-state index in [1.54, 1.807) is 34.3 Å². The van der Waals surface area contributed by atoms with Crippen molar-refractivity contribution >= 4 is 80.7 Å². The molecule has 6 aromatic rings. The normalized spacial score (nSPS) is 16.3. The van der Waals surface area contributed by atoms with Crippen molar-refractivity contribution in [1.29, 1.82) is 0 Å². The molecule has 62 heavy (non-hydrogen) atoms. The van der Waals surface area contributed by atoms with Gasteiger partial charge in [-0.25, -0.2) is 48.3 Å². The quantitative estimate of drug-likeness (QED) is 0.0719. The number of anilines is 2. The van der Waals surface area contributed by atoms with E-state index in [-0.39, 0.29) is 42.8 Å². The van der Waals surface area contributed by atoms with Gasteiger partial charge in [-0.1, -0.05) is 29.1 Å². The third-order valence-electron chi connectivity index (χ3n) is 10.3. The molecule has 324 valence electrons. The van der Waals surface area contributed by atoms with Crippen molar-refractivity contribution in [3.05, 3.63) is 71.0 Å². The standard InChI is InChI=1S/C21H20ClFN6O2.C20H21Cl2FN6O2/c1-2-7-31-21(30)29-6-4-3-5-14(29)10-25-20-17(23)12-27-19(28-20)16-11-26-18-15(16)8-13(22)9-24-18;21-4-6-31-20(30)29-5-2-1-3-13(29)9-25-19-16(23)11-27-18(28-19)15-10-26-17-14(15)7-12(22)8-24-17/h1,8-9,11-12,14H,3-7,10H2,(H,24,26)(H,25,27,28);7-8,10-11,13H,1-6,9H2,(H,24,26)(H,25,27,28). The van der Waals surface area contributed by atoms with Crippen molar-refractivity contribution in [1.82, 2.24) is 49.7 Å². The lowest BCUT2D eigenvalue weighted by atomic mass is 10.0. The van der Waals surface area contributed by atoms with Crippen molar-refractivity contribution in [3.8, 4) is 35.1 Å². The highest BCUT2D eigenvalue weighted by molar-refractivity contribution is 6.31. The molecule has 0 bridgehead atoms. The number of aromatic nitrogens is 8. The lowest BCUT2D eigenvalue weighted by Gasteiger charge is -2.35. The minimum atomic E-state index is -0.586. The van der Waals surface area contributed by atoms with Gasteiger partial charge in [0.2, 0.25) is 0 Å². The zero-order valence-corrected chi connectivity index (χ0v) is 35.4. The number of fused-ring (bicyclic) bond motifs is 2. The Hall–Kier alpha value is -6.03. The first kappa shape index (κ1) is 44.0. The molecule has 0 spiro atoms. The molecule has 8 heterocycles. The van der Waals surface area contributed by atoms with Crippen molar-refractivity contribution < 1.29 is 27.8 Å². The number of carbonyl (C=O) groups is 2. The van der Waals surface area contributed by atoms with E-state index in [2.05, 4.69) is 56.4 Å². The van der Waals surface area contributed by atoms with E-state index in [1.807, 2.05) is 0 Å². The number of carbonyl (C=O) groups excluding carboxylic acids is 2. The lowest BCUT2D eigenvalue weighted by molar-refractivity contribution is 0.0801. The first-order valence-electron chi connectivity index (χ1n) is 19.8. The summed E-state index contributed by atoms with van der Waals surface area (Å²) in [4.78, 5) is 59.3. The number of likely N-dealkylation sites (tertiary alicyclic amines) is 2. The van der Waals surface area contributed by atoms with Crippen molar-refractivity contribution in [2.45, 2.75) is 50.6 Å². The van der Waals surface area contributed by atoms with E-state index in [0.29, 0.717) is 70.3 Å². The molecule has 0 aliphatic carbocycles. The molecule has 21 heteroatoms. The van der Waals surface area contributed by atoms with Gasteiger partial charge in [-0.15, -0.1) is 18.0 Å². The second kappa shape index (κ2) is 20.7. The SMILES string of the molecule is C#CCOC(=O)N1CCCCC1CNc1nc(-c2c[nH]c3ncc(Cl)cc23)ncc1F.O=C(OCCCl)N1CCCCC1CNc1nc(-c2c[nH]c3ncc(Cl)cc23)ncc1F. The summed E-state index contributed by atoms with van der Waals surface area (Å²) in [5, 5.41) is 8.48. The van der Waals surface area contributed by atoms with Crippen molar-refractivity contribution in [2.75, 3.05) is 55.9 Å². The minimum Gasteiger partial charge on any atom is -0.448 e. The average molecular weight is 910 g/mol. The summed E-state index contributed by atoms with van der Waals surface area (Å²) in [5.41, 5.74) is 2.59. The van der Waals surface area contributed by atoms with E-state index in [0.717, 1.165) is 61.7 Å². The van der Waals surface area contributed by atoms with Crippen molar-refractivity contribution in [2.24, 2.45) is 0 Å². The number of pyridine rings is 2. The molecular weight excluding hydrogens is 869 g/mol. The summed E-state index contributed by atoms with van der Waals surface area (Å²) in [5.74, 6) is 2.14. The van der Waals surface area contributed by atoms with Crippen LogP contribution < -0.4 is 10.6 Å². The zero-order valence-electron chi connectivity index (χ0n) is 33.1. The van der Waals surface area contributed by atoms with Crippen LogP contribution in [0.4, 0.5) is 30.0 Å². The number of hydrogen-bond donors (Lipinski definition) is 4. The Kier molecular flexibility index (Phi) is 14.7. The fourth-order valence-corrected chi connectivity index (χ4v) is 7.69. The molecule has 2 amide bonds. The van der Waals surface area contributed by atoms with Gasteiger partial charge in [0.25, 0.3) is 0 Å². The maximum absolute atomic E-state index is 14.4. The number of halogens is 5. The van der Waals surface area contributed by atoms with Gasteiger partial charge in [0.15, 0.2) is 41.5 Å². The second-order valence-corrected chi connectivity index (χ2v) is 15.5. The Balaban J connectivity index is 0.000000186. The molecular formula is C41H41Cl3F2N12O4. The number of piperidine rings is 2. The third kappa shape index (κ3) is 10.5. The molecule has 0 radical (unpaired) electrons. The number of nitrogens with zero attached hydrogens (tertiary/aromatic N) is 8. The predicted molar refractivity (Wildman–Crippen MR) is 232 cm³/mol. The van der Waals surface area contributed by atoms with Crippen molar-refractivity contribution in [3.63, 3.8) is 0 Å². The van der Waals surface area contributed by atoms with Gasteiger partial charge in [-0.05, 0) is 50.7 Å². The van der Waals surface area contributed by atoms with Gasteiger partial charge in [0.1, 0.15) is 17.9 Å². The molecule has 2 aliphatic rings. The van der Waals surface area contributed by atoms with Gasteiger partial charge >= 0.3 is 12.2 Å². The highest BCUT2D eigenvalue weighted by atomic mass is 35.5. The first-order chi connectivity index (χ1) is 30.1. The summed E-state index contributed by atoms with van der Waals surface area (Å²) in [6.45, 7) is 1.89. The smallest absolute Gasteiger partial charge is 0.411 e. The Morgan fingerprint density at radius 2 is 1.24 bits per heavy atom. The van der Waals surface area contributed by atoms with Crippen LogP contribution in [0.15, 0.2) is 49.3 Å². The highest BCUT2D eigenvalue weighted by Crippen LogP contribution is 2.30. The average Bonchev–Trinajstić information content (AvgIpc) is 3.91. The number of H-pyrrole nitrogens is 2. The Labute approximate surface area is 369 Å². The Morgan fingerprint density at radius 3 is 1.71 bits per heavy atom. The molecule has 2 fully saturated rings. The monoisotopic (exact) mass is 908 g/mol. The number of amides is 2. The Morgan fingerprint density at radius 1 is 0.758 bits per heavy atom. The molecule has 8 rings (SSSR count). The topological polar surface area (TPSA) is 192 Å². The summed E-state index contributed by atoms with van der Waals surface area (Å²) >= 11 is 17.7. The van der Waals surface area contributed by atoms with Crippen LogP contribution >= 0.6 is 34.8 Å². The molecule has 2 saturated heterocycles. The number of nitrogens with one attached hydrogen (secondary N) is 4. The maximum atomic E-state index is 14.4. The van der Waals surface area contributed by atoms with Crippen LogP contribution in [0.1, 0.15) is 38.5 Å². The van der Waals surface area contributed by atoms with Crippen LogP contribution in [0.5, 0.6) is 0 Å². The van der Waals surface area contributed by atoms with Crippen LogP contribution in [0.3, 0.4) is 0 Å². The van der Waals surface area contributed by atoms with Gasteiger partial charge in [-0.2, -0.15) is 0 Å². The molecule has 2 aliphatic heterocycles. The lowest BCUT2D eigenvalue weighted by Crippen LogP contribution is -2.47. The predicted octanol–water partition coefficient (Wildman–Crippen LogP) is 8.30. The van der Waals surface area contributed by atoms with Crippen LogP contribution in [-0.4, -0.2) is 119 Å². The number of ether oxygens (including phenoxy) is 2. The highest BCUT2D eigenvalue weighted by Gasteiger charge is 2.29. The number of rotatable bonds is 11. The summed E-state index contributed by atoms with van der Waals surface area (Å²) in [7, 11) is 0. The summed E-state index contributed by atoms with van der Waals surface area (Å²) < 4.78 is 39.0. The van der Waals surface area contributed by atoms with E-state index in [4.69, 9.17) is 50.7 Å². The molecule has 0 aromatic carbocycles. The number of aromatic amines is 2. The second-order valence-electron chi connectivity index (χ2n) is 14.3. The van der Waals surface area contributed by atoms with E-state index in [9.17, 15) is 18.4 Å². The van der Waals surface area contributed by atoms with Gasteiger partial charge in [0.05, 0.1) is 40.4 Å². The third-order valence-corrected chi connectivity index (χ3v) is 10.8. The zero-order chi connectivity index (χ0) is 43.6. The summed E-state index contributed by atoms with van der Waals surface area (Å²) in [6.07, 6.45) is 18.3. The van der Waals surface area contributed by atoms with Gasteiger partial charge in [0, 0.05) is 72.9 Å². The van der Waals surface area contributed by atoms with E-state index < -0.39 is 23.8 Å². The van der Waals surface area contributed by atoms with Crippen LogP contribution in [0, 0.1) is 24.0 Å². The van der Waals surface area contributed by atoms with Gasteiger partial charge < -0.3 is 39.9 Å². The van der Waals surface area contributed by atoms with E-state index in [1.165, 1.54) is 12.4 Å². The fraction of sp³-hybridized carbons (Fsp3) is 0.366. The summed E-state index contributed by atoms with van der Waals surface area (Å²) in [6, 6.07) is 3.21. The minimum absolute atomic E-state index is 0.0526. The van der Waals surface area contributed by atoms with Crippen LogP contribution in [0.2, 0.25) is 10.0 Å².